The van der Waals surface area contributed by atoms with Crippen molar-refractivity contribution in [2.75, 3.05) is 11.3 Å². The van der Waals surface area contributed by atoms with Crippen molar-refractivity contribution in [2.45, 2.75) is 32.3 Å². The quantitative estimate of drug-likeness (QED) is 0.655. The van der Waals surface area contributed by atoms with Crippen LogP contribution in [0, 0.1) is 13.8 Å². The second kappa shape index (κ2) is 7.94. The van der Waals surface area contributed by atoms with Crippen molar-refractivity contribution in [1.82, 2.24) is 5.16 Å². The lowest BCUT2D eigenvalue weighted by atomic mass is 10.0. The molecule has 0 spiro atoms. The van der Waals surface area contributed by atoms with Gasteiger partial charge in [-0.15, -0.1) is 0 Å². The van der Waals surface area contributed by atoms with Gasteiger partial charge in [0.05, 0.1) is 17.2 Å². The van der Waals surface area contributed by atoms with Crippen LogP contribution in [0.15, 0.2) is 57.9 Å². The molecular weight excluding hydrogens is 364 g/mol. The van der Waals surface area contributed by atoms with E-state index in [9.17, 15) is 8.42 Å². The highest BCUT2D eigenvalue weighted by Gasteiger charge is 2.23. The second-order valence-corrected chi connectivity index (χ2v) is 7.77. The maximum absolute atomic E-state index is 13.1. The summed E-state index contributed by atoms with van der Waals surface area (Å²) in [5.41, 5.74) is 3.65. The molecule has 0 unspecified atom stereocenters. The van der Waals surface area contributed by atoms with Crippen molar-refractivity contribution in [3.8, 4) is 11.1 Å². The van der Waals surface area contributed by atoms with E-state index in [1.165, 1.54) is 0 Å². The Hall–Kier alpha value is -2.64. The molecule has 0 atom stereocenters. The van der Waals surface area contributed by atoms with Crippen LogP contribution in [0.5, 0.6) is 0 Å². The second-order valence-electron chi connectivity index (χ2n) is 6.12. The van der Waals surface area contributed by atoms with Crippen molar-refractivity contribution in [1.29, 1.82) is 0 Å². The Morgan fingerprint density at radius 1 is 1.04 bits per heavy atom. The van der Waals surface area contributed by atoms with E-state index in [1.807, 2.05) is 37.3 Å². The van der Waals surface area contributed by atoms with Gasteiger partial charge in [0.1, 0.15) is 0 Å². The normalized spacial score (nSPS) is 11.5. The number of aromatic nitrogens is 1. The van der Waals surface area contributed by atoms with E-state index in [0.717, 1.165) is 11.1 Å². The molecule has 0 saturated heterocycles. The van der Waals surface area contributed by atoms with E-state index in [0.29, 0.717) is 30.0 Å². The van der Waals surface area contributed by atoms with Gasteiger partial charge in [0.15, 0.2) is 0 Å². The Morgan fingerprint density at radius 3 is 2.37 bits per heavy atom. The molecule has 3 rings (SSSR count). The van der Waals surface area contributed by atoms with E-state index in [4.69, 9.17) is 9.26 Å². The zero-order valence-electron chi connectivity index (χ0n) is 15.5. The first-order valence-corrected chi connectivity index (χ1v) is 10.1. The molecular formula is C20H22N2O4S. The zero-order valence-corrected chi connectivity index (χ0v) is 16.3. The maximum atomic E-state index is 13.1. The van der Waals surface area contributed by atoms with Crippen LogP contribution in [0.25, 0.3) is 11.1 Å². The maximum Gasteiger partial charge on any atom is 0.264 e. The highest BCUT2D eigenvalue weighted by atomic mass is 32.2. The lowest BCUT2D eigenvalue weighted by molar-refractivity contribution is 0.134. The predicted molar refractivity (Wildman–Crippen MR) is 104 cm³/mol. The van der Waals surface area contributed by atoms with Gasteiger partial charge >= 0.3 is 0 Å². The molecule has 7 heteroatoms. The van der Waals surface area contributed by atoms with Crippen LogP contribution < -0.4 is 4.72 Å². The van der Waals surface area contributed by atoms with Gasteiger partial charge in [0.25, 0.3) is 10.0 Å². The van der Waals surface area contributed by atoms with Crippen LogP contribution in [-0.2, 0) is 21.4 Å². The summed E-state index contributed by atoms with van der Waals surface area (Å²) in [5.74, 6) is 0.130. The Balaban J connectivity index is 2.06. The van der Waals surface area contributed by atoms with E-state index in [2.05, 4.69) is 9.88 Å². The fourth-order valence-corrected chi connectivity index (χ4v) is 4.00. The van der Waals surface area contributed by atoms with Gasteiger partial charge in [-0.2, -0.15) is 0 Å². The molecule has 27 heavy (non-hydrogen) atoms. The summed E-state index contributed by atoms with van der Waals surface area (Å²) < 4.78 is 39.3. The standard InChI is InChI=1S/C20H22N2O4S/c1-4-25-13-16-9-5-6-10-17(16)18-11-7-8-12-19(18)27(23,24)22-20-14(2)15(3)21-26-20/h5-12,22H,4,13H2,1-3H3. The molecule has 0 aliphatic carbocycles. The molecule has 0 aliphatic rings. The number of aryl methyl sites for hydroxylation is 1. The van der Waals surface area contributed by atoms with Crippen LogP contribution in [0.2, 0.25) is 0 Å². The first-order chi connectivity index (χ1) is 12.9. The van der Waals surface area contributed by atoms with Crippen LogP contribution in [0.1, 0.15) is 23.7 Å². The molecule has 0 aliphatic heterocycles. The molecule has 1 aromatic heterocycles. The minimum absolute atomic E-state index is 0.130. The minimum Gasteiger partial charge on any atom is -0.377 e. The van der Waals surface area contributed by atoms with Gasteiger partial charge in [-0.25, -0.2) is 13.1 Å². The molecule has 0 fully saturated rings. The largest absolute Gasteiger partial charge is 0.377 e. The third kappa shape index (κ3) is 4.04. The lowest BCUT2D eigenvalue weighted by Gasteiger charge is -2.14. The summed E-state index contributed by atoms with van der Waals surface area (Å²) in [6, 6.07) is 14.5. The van der Waals surface area contributed by atoms with Crippen LogP contribution >= 0.6 is 0 Å². The summed E-state index contributed by atoms with van der Waals surface area (Å²) in [5, 5.41) is 3.80. The van der Waals surface area contributed by atoms with E-state index in [1.54, 1.807) is 32.0 Å². The number of benzene rings is 2. The van der Waals surface area contributed by atoms with Crippen LogP contribution in [0.4, 0.5) is 5.88 Å². The first-order valence-electron chi connectivity index (χ1n) is 8.64. The fourth-order valence-electron chi connectivity index (χ4n) is 2.73. The third-order valence-electron chi connectivity index (χ3n) is 4.33. The topological polar surface area (TPSA) is 81.4 Å². The number of ether oxygens (including phenoxy) is 1. The number of sulfonamides is 1. The van der Waals surface area contributed by atoms with Crippen LogP contribution in [0.3, 0.4) is 0 Å². The summed E-state index contributed by atoms with van der Waals surface area (Å²) >= 11 is 0. The van der Waals surface area contributed by atoms with Gasteiger partial charge in [-0.1, -0.05) is 47.6 Å². The minimum atomic E-state index is -3.86. The number of hydrogen-bond donors (Lipinski definition) is 1. The Morgan fingerprint density at radius 2 is 1.70 bits per heavy atom. The van der Waals surface area contributed by atoms with Crippen molar-refractivity contribution in [3.05, 3.63) is 65.4 Å². The molecule has 6 nitrogen and oxygen atoms in total. The van der Waals surface area contributed by atoms with Crippen molar-refractivity contribution < 1.29 is 17.7 Å². The van der Waals surface area contributed by atoms with Crippen molar-refractivity contribution in [3.63, 3.8) is 0 Å². The first kappa shape index (κ1) is 19.1. The monoisotopic (exact) mass is 386 g/mol. The molecule has 1 heterocycles. The van der Waals surface area contributed by atoms with Crippen LogP contribution in [-0.4, -0.2) is 20.2 Å². The zero-order chi connectivity index (χ0) is 19.4. The highest BCUT2D eigenvalue weighted by Crippen LogP contribution is 2.32. The summed E-state index contributed by atoms with van der Waals surface area (Å²) in [7, 11) is -3.86. The highest BCUT2D eigenvalue weighted by molar-refractivity contribution is 7.92. The Bertz CT molecular complexity index is 1040. The smallest absolute Gasteiger partial charge is 0.264 e. The van der Waals surface area contributed by atoms with E-state index in [-0.39, 0.29) is 10.8 Å². The van der Waals surface area contributed by atoms with Gasteiger partial charge in [0, 0.05) is 17.7 Å². The van der Waals surface area contributed by atoms with E-state index < -0.39 is 10.0 Å². The average Bonchev–Trinajstić information content (AvgIpc) is 2.98. The summed E-state index contributed by atoms with van der Waals surface area (Å²) in [4.78, 5) is 0.169. The molecule has 1 N–H and O–H groups in total. The number of hydrogen-bond acceptors (Lipinski definition) is 5. The molecule has 0 amide bonds. The molecule has 3 aromatic rings. The van der Waals surface area contributed by atoms with Gasteiger partial charge < -0.3 is 9.26 Å². The number of nitrogens with one attached hydrogen (secondary N) is 1. The molecule has 0 bridgehead atoms. The fraction of sp³-hybridized carbons (Fsp3) is 0.250. The van der Waals surface area contributed by atoms with Gasteiger partial charge in [-0.05, 0) is 38.0 Å². The average molecular weight is 386 g/mol. The molecule has 0 saturated carbocycles. The lowest BCUT2D eigenvalue weighted by Crippen LogP contribution is -2.14. The molecule has 0 radical (unpaired) electrons. The SMILES string of the molecule is CCOCc1ccccc1-c1ccccc1S(=O)(=O)Nc1onc(C)c1C. The Labute approximate surface area is 159 Å². The van der Waals surface area contributed by atoms with Crippen molar-refractivity contribution >= 4 is 15.9 Å². The number of rotatable bonds is 7. The van der Waals surface area contributed by atoms with Gasteiger partial charge in [0.2, 0.25) is 5.88 Å². The predicted octanol–water partition coefficient (Wildman–Crippen LogP) is 4.30. The molecule has 142 valence electrons. The van der Waals surface area contributed by atoms with Gasteiger partial charge in [-0.3, -0.25) is 0 Å². The summed E-state index contributed by atoms with van der Waals surface area (Å²) in [6.45, 7) is 6.43. The Kier molecular flexibility index (Phi) is 5.62. The number of anilines is 1. The third-order valence-corrected chi connectivity index (χ3v) is 5.72. The van der Waals surface area contributed by atoms with Crippen molar-refractivity contribution in [2.24, 2.45) is 0 Å². The van der Waals surface area contributed by atoms with E-state index >= 15 is 0 Å². The number of nitrogens with zero attached hydrogens (tertiary/aromatic N) is 1. The summed E-state index contributed by atoms with van der Waals surface area (Å²) in [6.07, 6.45) is 0. The molecule has 2 aromatic carbocycles.